The van der Waals surface area contributed by atoms with Gasteiger partial charge in [0.1, 0.15) is 0 Å². The minimum absolute atomic E-state index is 0.0250. The van der Waals surface area contributed by atoms with Crippen molar-refractivity contribution in [2.75, 3.05) is 6.61 Å². The van der Waals surface area contributed by atoms with Crippen LogP contribution in [0.4, 0.5) is 13.2 Å². The summed E-state index contributed by atoms with van der Waals surface area (Å²) in [6.07, 6.45) is -1.39. The molecule has 0 saturated heterocycles. The van der Waals surface area contributed by atoms with Crippen LogP contribution in [0.15, 0.2) is 11.6 Å². The van der Waals surface area contributed by atoms with E-state index in [0.29, 0.717) is 12.0 Å². The van der Waals surface area contributed by atoms with Crippen molar-refractivity contribution < 1.29 is 22.7 Å². The molecule has 0 aliphatic carbocycles. The summed E-state index contributed by atoms with van der Waals surface area (Å²) >= 11 is 0. The molecule has 2 nitrogen and oxygen atoms in total. The first kappa shape index (κ1) is 20.0. The van der Waals surface area contributed by atoms with E-state index in [0.717, 1.165) is 18.9 Å². The van der Waals surface area contributed by atoms with E-state index in [1.165, 1.54) is 20.8 Å². The lowest BCUT2D eigenvalue weighted by atomic mass is 9.65. The SMILES string of the molecule is CCCCCOC(=O)C(C=C(C)C)(C(C)(C)C)C(F)(F)F. The monoisotopic (exact) mass is 308 g/mol. The maximum Gasteiger partial charge on any atom is 0.408 e. The fourth-order valence-electron chi connectivity index (χ4n) is 2.27. The first-order chi connectivity index (χ1) is 9.40. The number of alkyl halides is 3. The van der Waals surface area contributed by atoms with Crippen LogP contribution in [-0.4, -0.2) is 18.8 Å². The van der Waals surface area contributed by atoms with Gasteiger partial charge in [0.05, 0.1) is 6.61 Å². The van der Waals surface area contributed by atoms with Gasteiger partial charge in [-0.15, -0.1) is 0 Å². The number of carbonyl (C=O) groups excluding carboxylic acids is 1. The number of ether oxygens (including phenoxy) is 1. The Morgan fingerprint density at radius 1 is 1.10 bits per heavy atom. The topological polar surface area (TPSA) is 26.3 Å². The third-order valence-corrected chi connectivity index (χ3v) is 3.44. The Morgan fingerprint density at radius 2 is 1.62 bits per heavy atom. The Hall–Kier alpha value is -1.00. The van der Waals surface area contributed by atoms with Crippen LogP contribution in [0.3, 0.4) is 0 Å². The molecule has 0 aromatic carbocycles. The Balaban J connectivity index is 5.59. The molecule has 1 unspecified atom stereocenters. The summed E-state index contributed by atoms with van der Waals surface area (Å²) in [5.74, 6) is -1.21. The van der Waals surface area contributed by atoms with E-state index in [1.807, 2.05) is 6.92 Å². The van der Waals surface area contributed by atoms with Crippen molar-refractivity contribution in [1.82, 2.24) is 0 Å². The van der Waals surface area contributed by atoms with E-state index in [2.05, 4.69) is 0 Å². The van der Waals surface area contributed by atoms with Crippen molar-refractivity contribution >= 4 is 5.97 Å². The van der Waals surface area contributed by atoms with Crippen LogP contribution in [-0.2, 0) is 9.53 Å². The van der Waals surface area contributed by atoms with Crippen LogP contribution in [0.5, 0.6) is 0 Å². The predicted octanol–water partition coefficient (Wildman–Crippen LogP) is 5.28. The van der Waals surface area contributed by atoms with Gasteiger partial charge in [-0.3, -0.25) is 4.79 Å². The number of carbonyl (C=O) groups is 1. The first-order valence-electron chi connectivity index (χ1n) is 7.30. The highest BCUT2D eigenvalue weighted by Gasteiger charge is 2.66. The van der Waals surface area contributed by atoms with Crippen molar-refractivity contribution in [3.63, 3.8) is 0 Å². The summed E-state index contributed by atoms with van der Waals surface area (Å²) in [5.41, 5.74) is -3.51. The summed E-state index contributed by atoms with van der Waals surface area (Å²) in [4.78, 5) is 12.3. The van der Waals surface area contributed by atoms with Gasteiger partial charge in [-0.1, -0.05) is 52.2 Å². The van der Waals surface area contributed by atoms with Crippen LogP contribution in [0, 0.1) is 10.8 Å². The second kappa shape index (κ2) is 7.32. The molecule has 0 heterocycles. The molecule has 1 atom stereocenters. The zero-order valence-corrected chi connectivity index (χ0v) is 13.9. The average Bonchev–Trinajstić information content (AvgIpc) is 2.27. The van der Waals surface area contributed by atoms with Crippen molar-refractivity contribution in [2.45, 2.75) is 67.0 Å². The van der Waals surface area contributed by atoms with Gasteiger partial charge in [0.2, 0.25) is 0 Å². The molecule has 0 aliphatic rings. The van der Waals surface area contributed by atoms with E-state index < -0.39 is 23.0 Å². The summed E-state index contributed by atoms with van der Waals surface area (Å²) in [6, 6.07) is 0. The zero-order valence-electron chi connectivity index (χ0n) is 13.9. The molecule has 0 rings (SSSR count). The lowest BCUT2D eigenvalue weighted by Crippen LogP contribution is -2.53. The van der Waals surface area contributed by atoms with E-state index in [9.17, 15) is 18.0 Å². The van der Waals surface area contributed by atoms with Gasteiger partial charge < -0.3 is 4.74 Å². The highest BCUT2D eigenvalue weighted by molar-refractivity contribution is 5.81. The van der Waals surface area contributed by atoms with E-state index in [-0.39, 0.29) is 6.61 Å². The van der Waals surface area contributed by atoms with Gasteiger partial charge in [0.15, 0.2) is 5.41 Å². The molecule has 0 saturated carbocycles. The number of rotatable bonds is 6. The van der Waals surface area contributed by atoms with Gasteiger partial charge in [-0.05, 0) is 25.7 Å². The van der Waals surface area contributed by atoms with E-state index in [1.54, 1.807) is 13.8 Å². The number of halogens is 3. The number of hydrogen-bond acceptors (Lipinski definition) is 2. The molecule has 0 aromatic rings. The zero-order chi connectivity index (χ0) is 16.9. The van der Waals surface area contributed by atoms with E-state index >= 15 is 0 Å². The molecule has 0 fully saturated rings. The molecule has 0 N–H and O–H groups in total. The number of esters is 1. The second-order valence-corrected chi connectivity index (χ2v) is 6.62. The minimum atomic E-state index is -4.70. The largest absolute Gasteiger partial charge is 0.465 e. The second-order valence-electron chi connectivity index (χ2n) is 6.62. The van der Waals surface area contributed by atoms with Crippen LogP contribution in [0.2, 0.25) is 0 Å². The Morgan fingerprint density at radius 3 is 1.95 bits per heavy atom. The molecule has 0 radical (unpaired) electrons. The molecule has 21 heavy (non-hydrogen) atoms. The van der Waals surface area contributed by atoms with Crippen LogP contribution < -0.4 is 0 Å². The molecular formula is C16H27F3O2. The van der Waals surface area contributed by atoms with Gasteiger partial charge in [0, 0.05) is 0 Å². The molecule has 124 valence electrons. The maximum atomic E-state index is 13.7. The normalized spacial score (nSPS) is 15.3. The van der Waals surface area contributed by atoms with Crippen molar-refractivity contribution in [3.05, 3.63) is 11.6 Å². The Bertz CT molecular complexity index is 358. The van der Waals surface area contributed by atoms with E-state index in [4.69, 9.17) is 4.74 Å². The molecule has 0 bridgehead atoms. The smallest absolute Gasteiger partial charge is 0.408 e. The van der Waals surface area contributed by atoms with Crippen LogP contribution in [0.1, 0.15) is 60.8 Å². The van der Waals surface area contributed by atoms with Crippen molar-refractivity contribution in [1.29, 1.82) is 0 Å². The lowest BCUT2D eigenvalue weighted by molar-refractivity contribution is -0.244. The highest BCUT2D eigenvalue weighted by atomic mass is 19.4. The quantitative estimate of drug-likeness (QED) is 0.379. The number of allylic oxidation sites excluding steroid dienone is 1. The average molecular weight is 308 g/mol. The summed E-state index contributed by atoms with van der Waals surface area (Å²) in [7, 11) is 0. The first-order valence-corrected chi connectivity index (χ1v) is 7.30. The third kappa shape index (κ3) is 4.75. The van der Waals surface area contributed by atoms with Gasteiger partial charge in [-0.2, -0.15) is 13.2 Å². The Labute approximate surface area is 125 Å². The van der Waals surface area contributed by atoms with Crippen molar-refractivity contribution in [2.24, 2.45) is 10.8 Å². The predicted molar refractivity (Wildman–Crippen MR) is 77.9 cm³/mol. The highest BCUT2D eigenvalue weighted by Crippen LogP contribution is 2.53. The fourth-order valence-corrected chi connectivity index (χ4v) is 2.27. The minimum Gasteiger partial charge on any atom is -0.465 e. The fraction of sp³-hybridized carbons (Fsp3) is 0.812. The molecule has 0 aromatic heterocycles. The molecule has 0 spiro atoms. The number of hydrogen-bond donors (Lipinski definition) is 0. The summed E-state index contributed by atoms with van der Waals surface area (Å²) in [5, 5.41) is 0. The summed E-state index contributed by atoms with van der Waals surface area (Å²) < 4.78 is 46.1. The lowest BCUT2D eigenvalue weighted by Gasteiger charge is -2.41. The molecule has 0 amide bonds. The molecule has 0 aliphatic heterocycles. The van der Waals surface area contributed by atoms with Gasteiger partial charge >= 0.3 is 12.1 Å². The summed E-state index contributed by atoms with van der Waals surface area (Å²) in [6.45, 7) is 9.33. The van der Waals surface area contributed by atoms with Crippen molar-refractivity contribution in [3.8, 4) is 0 Å². The van der Waals surface area contributed by atoms with Gasteiger partial charge in [-0.25, -0.2) is 0 Å². The van der Waals surface area contributed by atoms with Gasteiger partial charge in [0.25, 0.3) is 0 Å². The molecular weight excluding hydrogens is 281 g/mol. The standard InChI is InChI=1S/C16H27F3O2/c1-7-8-9-10-21-13(20)15(11-12(2)3,14(4,5)6)16(17,18)19/h11H,7-10H2,1-6H3. The maximum absolute atomic E-state index is 13.7. The van der Waals surface area contributed by atoms with Crippen LogP contribution >= 0.6 is 0 Å². The van der Waals surface area contributed by atoms with Crippen LogP contribution in [0.25, 0.3) is 0 Å². The Kier molecular flexibility index (Phi) is 6.97. The number of unbranched alkanes of at least 4 members (excludes halogenated alkanes) is 2. The molecule has 5 heteroatoms. The third-order valence-electron chi connectivity index (χ3n) is 3.44.